The number of urea groups is 1. The van der Waals surface area contributed by atoms with Crippen LogP contribution in [0.25, 0.3) is 0 Å². The minimum atomic E-state index is -3.65. The van der Waals surface area contributed by atoms with Gasteiger partial charge in [0.05, 0.1) is 10.8 Å². The molecule has 1 aromatic carbocycles. The number of carbonyl (C=O) groups is 3. The van der Waals surface area contributed by atoms with Gasteiger partial charge in [-0.05, 0) is 42.9 Å². The summed E-state index contributed by atoms with van der Waals surface area (Å²) >= 11 is 0. The summed E-state index contributed by atoms with van der Waals surface area (Å²) in [6, 6.07) is 6.22. The number of hydrogen-bond acceptors (Lipinski definition) is 6. The standard InChI is InChI=1S/C21H31N3O6S/c1-5-22-20(27)23-18(25)14-30-19(26)15-10-12-24(13-11-15)31(28,29)17-8-6-16(7-9-17)21(2,3)4/h6-9,15H,5,10-14H2,1-4H3,(H2,22,23,25,27). The first-order chi connectivity index (χ1) is 14.4. The van der Waals surface area contributed by atoms with Crippen LogP contribution in [0.1, 0.15) is 46.1 Å². The van der Waals surface area contributed by atoms with Gasteiger partial charge in [-0.3, -0.25) is 14.9 Å². The zero-order valence-electron chi connectivity index (χ0n) is 18.4. The van der Waals surface area contributed by atoms with Gasteiger partial charge in [-0.25, -0.2) is 13.2 Å². The average molecular weight is 454 g/mol. The number of rotatable bonds is 6. The summed E-state index contributed by atoms with van der Waals surface area (Å²) in [5, 5.41) is 4.44. The molecular weight excluding hydrogens is 422 g/mol. The molecule has 3 amide bonds. The van der Waals surface area contributed by atoms with Crippen molar-refractivity contribution in [2.75, 3.05) is 26.2 Å². The van der Waals surface area contributed by atoms with Crippen LogP contribution in [0.3, 0.4) is 0 Å². The maximum absolute atomic E-state index is 12.9. The van der Waals surface area contributed by atoms with E-state index in [1.54, 1.807) is 19.1 Å². The zero-order chi connectivity index (χ0) is 23.2. The van der Waals surface area contributed by atoms with Gasteiger partial charge >= 0.3 is 12.0 Å². The molecule has 1 saturated heterocycles. The predicted octanol–water partition coefficient (Wildman–Crippen LogP) is 1.77. The smallest absolute Gasteiger partial charge is 0.321 e. The van der Waals surface area contributed by atoms with Crippen LogP contribution < -0.4 is 10.6 Å². The highest BCUT2D eigenvalue weighted by molar-refractivity contribution is 7.89. The molecular formula is C21H31N3O6S. The van der Waals surface area contributed by atoms with Crippen molar-refractivity contribution in [2.45, 2.75) is 50.8 Å². The summed E-state index contributed by atoms with van der Waals surface area (Å²) in [5.41, 5.74) is 0.974. The van der Waals surface area contributed by atoms with Crippen LogP contribution >= 0.6 is 0 Å². The Bertz CT molecular complexity index is 898. The molecule has 0 atom stereocenters. The molecule has 0 aromatic heterocycles. The molecule has 172 valence electrons. The summed E-state index contributed by atoms with van der Waals surface area (Å²) < 4.78 is 32.2. The maximum Gasteiger partial charge on any atom is 0.321 e. The number of carbonyl (C=O) groups excluding carboxylic acids is 3. The molecule has 0 spiro atoms. The second-order valence-corrected chi connectivity index (χ2v) is 10.4. The SMILES string of the molecule is CCNC(=O)NC(=O)COC(=O)C1CCN(S(=O)(=O)c2ccc(C(C)(C)C)cc2)CC1. The fourth-order valence-electron chi connectivity index (χ4n) is 3.23. The van der Waals surface area contributed by atoms with Crippen LogP contribution in [0.2, 0.25) is 0 Å². The van der Waals surface area contributed by atoms with E-state index in [1.807, 2.05) is 17.4 Å². The van der Waals surface area contributed by atoms with Crippen molar-refractivity contribution >= 4 is 27.9 Å². The Morgan fingerprint density at radius 1 is 1.10 bits per heavy atom. The molecule has 0 saturated carbocycles. The molecule has 10 heteroatoms. The van der Waals surface area contributed by atoms with Crippen molar-refractivity contribution in [2.24, 2.45) is 5.92 Å². The molecule has 1 aliphatic rings. The minimum absolute atomic E-state index is 0.0717. The number of amides is 3. The van der Waals surface area contributed by atoms with Gasteiger partial charge in [-0.2, -0.15) is 4.31 Å². The van der Waals surface area contributed by atoms with Crippen molar-refractivity contribution in [1.82, 2.24) is 14.9 Å². The topological polar surface area (TPSA) is 122 Å². The van der Waals surface area contributed by atoms with E-state index in [2.05, 4.69) is 26.1 Å². The van der Waals surface area contributed by atoms with E-state index in [4.69, 9.17) is 4.74 Å². The fourth-order valence-corrected chi connectivity index (χ4v) is 4.70. The third kappa shape index (κ3) is 6.76. The van der Waals surface area contributed by atoms with Crippen molar-refractivity contribution in [3.05, 3.63) is 29.8 Å². The second-order valence-electron chi connectivity index (χ2n) is 8.47. The molecule has 1 aromatic rings. The van der Waals surface area contributed by atoms with Crippen LogP contribution in [0.4, 0.5) is 4.79 Å². The molecule has 0 aliphatic carbocycles. The lowest BCUT2D eigenvalue weighted by atomic mass is 9.87. The number of nitrogens with one attached hydrogen (secondary N) is 2. The quantitative estimate of drug-likeness (QED) is 0.633. The van der Waals surface area contributed by atoms with Crippen LogP contribution in [-0.4, -0.2) is 56.9 Å². The number of sulfonamides is 1. The molecule has 31 heavy (non-hydrogen) atoms. The highest BCUT2D eigenvalue weighted by Gasteiger charge is 2.33. The van der Waals surface area contributed by atoms with Crippen molar-refractivity contribution in [3.8, 4) is 0 Å². The molecule has 2 N–H and O–H groups in total. The molecule has 2 rings (SSSR count). The molecule has 1 heterocycles. The summed E-state index contributed by atoms with van der Waals surface area (Å²) in [6.07, 6.45) is 0.603. The number of esters is 1. The van der Waals surface area contributed by atoms with Crippen LogP contribution in [-0.2, 0) is 29.8 Å². The Labute approximate surface area is 183 Å². The van der Waals surface area contributed by atoms with Crippen molar-refractivity contribution in [3.63, 3.8) is 0 Å². The normalized spacial score (nSPS) is 15.9. The number of piperidine rings is 1. The van der Waals surface area contributed by atoms with Crippen LogP contribution in [0.15, 0.2) is 29.2 Å². The first-order valence-corrected chi connectivity index (χ1v) is 11.7. The Morgan fingerprint density at radius 3 is 2.19 bits per heavy atom. The summed E-state index contributed by atoms with van der Waals surface area (Å²) in [7, 11) is -3.65. The number of ether oxygens (including phenoxy) is 1. The zero-order valence-corrected chi connectivity index (χ0v) is 19.3. The highest BCUT2D eigenvalue weighted by Crippen LogP contribution is 2.27. The van der Waals surface area contributed by atoms with Crippen LogP contribution in [0, 0.1) is 5.92 Å². The summed E-state index contributed by atoms with van der Waals surface area (Å²) in [5.74, 6) is -1.79. The van der Waals surface area contributed by atoms with E-state index in [0.29, 0.717) is 19.4 Å². The minimum Gasteiger partial charge on any atom is -0.455 e. The monoisotopic (exact) mass is 453 g/mol. The van der Waals surface area contributed by atoms with E-state index >= 15 is 0 Å². The number of benzene rings is 1. The van der Waals surface area contributed by atoms with Gasteiger partial charge in [-0.15, -0.1) is 0 Å². The molecule has 0 unspecified atom stereocenters. The molecule has 0 bridgehead atoms. The van der Waals surface area contributed by atoms with Gasteiger partial charge in [0, 0.05) is 19.6 Å². The lowest BCUT2D eigenvalue weighted by Crippen LogP contribution is -2.43. The Balaban J connectivity index is 1.87. The third-order valence-electron chi connectivity index (χ3n) is 5.08. The van der Waals surface area contributed by atoms with E-state index in [9.17, 15) is 22.8 Å². The number of hydrogen-bond donors (Lipinski definition) is 2. The predicted molar refractivity (Wildman–Crippen MR) is 115 cm³/mol. The van der Waals surface area contributed by atoms with Crippen molar-refractivity contribution < 1.29 is 27.5 Å². The molecule has 1 fully saturated rings. The Kier molecular flexibility index (Phi) is 8.19. The third-order valence-corrected chi connectivity index (χ3v) is 6.99. The lowest BCUT2D eigenvalue weighted by Gasteiger charge is -2.30. The summed E-state index contributed by atoms with van der Waals surface area (Å²) in [4.78, 5) is 35.3. The fraction of sp³-hybridized carbons (Fsp3) is 0.571. The van der Waals surface area contributed by atoms with Gasteiger partial charge in [0.15, 0.2) is 6.61 Å². The van der Waals surface area contributed by atoms with E-state index in [1.165, 1.54) is 4.31 Å². The molecule has 1 aliphatic heterocycles. The average Bonchev–Trinajstić information content (AvgIpc) is 2.71. The summed E-state index contributed by atoms with van der Waals surface area (Å²) in [6.45, 7) is 8.06. The lowest BCUT2D eigenvalue weighted by molar-refractivity contribution is -0.153. The van der Waals surface area contributed by atoms with E-state index < -0.39 is 40.5 Å². The van der Waals surface area contributed by atoms with Gasteiger partial charge in [0.25, 0.3) is 5.91 Å². The van der Waals surface area contributed by atoms with Crippen molar-refractivity contribution in [1.29, 1.82) is 0 Å². The number of nitrogens with zero attached hydrogens (tertiary/aromatic N) is 1. The first kappa shape index (κ1) is 24.8. The largest absolute Gasteiger partial charge is 0.455 e. The van der Waals surface area contributed by atoms with Crippen LogP contribution in [0.5, 0.6) is 0 Å². The van der Waals surface area contributed by atoms with Gasteiger partial charge in [-0.1, -0.05) is 32.9 Å². The maximum atomic E-state index is 12.9. The van der Waals surface area contributed by atoms with Gasteiger partial charge in [0.2, 0.25) is 10.0 Å². The molecule has 9 nitrogen and oxygen atoms in total. The Morgan fingerprint density at radius 2 is 1.68 bits per heavy atom. The van der Waals surface area contributed by atoms with Gasteiger partial charge in [0.1, 0.15) is 0 Å². The number of imide groups is 1. The van der Waals surface area contributed by atoms with E-state index in [0.717, 1.165) is 5.56 Å². The highest BCUT2D eigenvalue weighted by atomic mass is 32.2. The second kappa shape index (κ2) is 10.2. The molecule has 0 radical (unpaired) electrons. The Hall–Kier alpha value is -2.46. The van der Waals surface area contributed by atoms with Gasteiger partial charge < -0.3 is 10.1 Å². The van der Waals surface area contributed by atoms with E-state index in [-0.39, 0.29) is 23.4 Å². The first-order valence-electron chi connectivity index (χ1n) is 10.3.